The molecule has 3 nitrogen and oxygen atoms in total. The van der Waals surface area contributed by atoms with Crippen LogP contribution in [0.3, 0.4) is 0 Å². The minimum Gasteiger partial charge on any atom is -0.355 e. The average molecular weight is 226 g/mol. The van der Waals surface area contributed by atoms with E-state index in [1.165, 1.54) is 20.3 Å². The van der Waals surface area contributed by atoms with Crippen LogP contribution in [-0.2, 0) is 9.47 Å². The maximum Gasteiger partial charge on any atom is 0.168 e. The van der Waals surface area contributed by atoms with Gasteiger partial charge in [-0.2, -0.15) is 0 Å². The molecule has 0 N–H and O–H groups in total. The highest BCUT2D eigenvalue weighted by Gasteiger charge is 2.14. The molecule has 0 aliphatic heterocycles. The van der Waals surface area contributed by atoms with Crippen LogP contribution in [0.1, 0.15) is 22.3 Å². The van der Waals surface area contributed by atoms with Gasteiger partial charge in [0.05, 0.1) is 6.42 Å². The molecule has 0 saturated heterocycles. The van der Waals surface area contributed by atoms with Gasteiger partial charge in [-0.1, -0.05) is 12.1 Å². The van der Waals surface area contributed by atoms with Crippen molar-refractivity contribution in [1.29, 1.82) is 0 Å². The summed E-state index contributed by atoms with van der Waals surface area (Å²) in [5, 5.41) is 0. The van der Waals surface area contributed by atoms with Crippen LogP contribution in [0.25, 0.3) is 0 Å². The summed E-state index contributed by atoms with van der Waals surface area (Å²) in [5.74, 6) is -0.579. The van der Waals surface area contributed by atoms with E-state index in [0.29, 0.717) is 11.1 Å². The molecule has 0 heterocycles. The van der Waals surface area contributed by atoms with Gasteiger partial charge in [-0.3, -0.25) is 4.79 Å². The van der Waals surface area contributed by atoms with Gasteiger partial charge in [0.1, 0.15) is 5.82 Å². The molecule has 0 unspecified atom stereocenters. The van der Waals surface area contributed by atoms with E-state index in [-0.39, 0.29) is 18.0 Å². The van der Waals surface area contributed by atoms with E-state index in [0.717, 1.165) is 0 Å². The number of benzene rings is 1. The third-order valence-corrected chi connectivity index (χ3v) is 2.37. The SMILES string of the molecule is COC(CC(=O)c1ccc(C)c(F)c1)OC. The minimum atomic E-state index is -0.586. The molecule has 0 aromatic heterocycles. The number of rotatable bonds is 5. The Morgan fingerprint density at radius 2 is 2.00 bits per heavy atom. The number of aryl methyl sites for hydroxylation is 1. The number of carbonyl (C=O) groups excluding carboxylic acids is 1. The number of methoxy groups -OCH3 is 2. The first-order chi connectivity index (χ1) is 7.58. The number of hydrogen-bond acceptors (Lipinski definition) is 3. The highest BCUT2D eigenvalue weighted by Crippen LogP contribution is 2.12. The molecule has 0 aliphatic rings. The van der Waals surface area contributed by atoms with Crippen molar-refractivity contribution in [2.75, 3.05) is 14.2 Å². The average Bonchev–Trinajstić information content (AvgIpc) is 2.29. The predicted octanol–water partition coefficient (Wildman–Crippen LogP) is 2.33. The number of halogens is 1. The summed E-state index contributed by atoms with van der Waals surface area (Å²) in [6.45, 7) is 1.65. The van der Waals surface area contributed by atoms with Crippen LogP contribution >= 0.6 is 0 Å². The van der Waals surface area contributed by atoms with Crippen molar-refractivity contribution in [3.63, 3.8) is 0 Å². The van der Waals surface area contributed by atoms with E-state index in [4.69, 9.17) is 9.47 Å². The largest absolute Gasteiger partial charge is 0.355 e. The van der Waals surface area contributed by atoms with Crippen LogP contribution in [-0.4, -0.2) is 26.3 Å². The number of ether oxygens (including phenoxy) is 2. The second-order valence-electron chi connectivity index (χ2n) is 3.49. The van der Waals surface area contributed by atoms with Crippen LogP contribution in [0.2, 0.25) is 0 Å². The molecule has 0 bridgehead atoms. The first kappa shape index (κ1) is 12.8. The van der Waals surface area contributed by atoms with Crippen molar-refractivity contribution in [3.05, 3.63) is 35.1 Å². The summed E-state index contributed by atoms with van der Waals surface area (Å²) in [6.07, 6.45) is -0.507. The zero-order valence-electron chi connectivity index (χ0n) is 9.62. The summed E-state index contributed by atoms with van der Waals surface area (Å²) in [7, 11) is 2.91. The molecule has 1 aromatic rings. The molecule has 0 saturated carbocycles. The number of hydrogen-bond donors (Lipinski definition) is 0. The molecule has 1 rings (SSSR count). The second-order valence-corrected chi connectivity index (χ2v) is 3.49. The molecular formula is C12H15FO3. The minimum absolute atomic E-state index is 0.0789. The van der Waals surface area contributed by atoms with Crippen LogP contribution in [0.15, 0.2) is 18.2 Å². The summed E-state index contributed by atoms with van der Waals surface area (Å²) < 4.78 is 23.0. The lowest BCUT2D eigenvalue weighted by Crippen LogP contribution is -2.18. The van der Waals surface area contributed by atoms with Crippen molar-refractivity contribution in [2.24, 2.45) is 0 Å². The first-order valence-corrected chi connectivity index (χ1v) is 4.93. The molecule has 0 radical (unpaired) electrons. The fourth-order valence-electron chi connectivity index (χ4n) is 1.30. The standard InChI is InChI=1S/C12H15FO3/c1-8-4-5-9(6-10(8)13)11(14)7-12(15-2)16-3/h4-6,12H,7H2,1-3H3. The fraction of sp³-hybridized carbons (Fsp3) is 0.417. The monoisotopic (exact) mass is 226 g/mol. The Labute approximate surface area is 94.2 Å². The summed E-state index contributed by atoms with van der Waals surface area (Å²) in [4.78, 5) is 11.7. The lowest BCUT2D eigenvalue weighted by molar-refractivity contribution is -0.0993. The van der Waals surface area contributed by atoms with Gasteiger partial charge in [-0.25, -0.2) is 4.39 Å². The van der Waals surface area contributed by atoms with Crippen LogP contribution in [0.4, 0.5) is 4.39 Å². The molecule has 4 heteroatoms. The number of Topliss-reactive ketones (excluding diaryl/α,β-unsaturated/α-hetero) is 1. The van der Waals surface area contributed by atoms with Crippen molar-refractivity contribution >= 4 is 5.78 Å². The van der Waals surface area contributed by atoms with Crippen LogP contribution in [0, 0.1) is 12.7 Å². The highest BCUT2D eigenvalue weighted by atomic mass is 19.1. The Kier molecular flexibility index (Phi) is 4.58. The third kappa shape index (κ3) is 3.12. The molecular weight excluding hydrogens is 211 g/mol. The first-order valence-electron chi connectivity index (χ1n) is 4.93. The zero-order chi connectivity index (χ0) is 12.1. The lowest BCUT2D eigenvalue weighted by atomic mass is 10.1. The quantitative estimate of drug-likeness (QED) is 0.571. The van der Waals surface area contributed by atoms with Gasteiger partial charge in [0.25, 0.3) is 0 Å². The van der Waals surface area contributed by atoms with Gasteiger partial charge in [0.2, 0.25) is 0 Å². The maximum absolute atomic E-state index is 13.2. The fourth-order valence-corrected chi connectivity index (χ4v) is 1.30. The topological polar surface area (TPSA) is 35.5 Å². The Balaban J connectivity index is 2.76. The summed E-state index contributed by atoms with van der Waals surface area (Å²) in [5.41, 5.74) is 0.855. The number of carbonyl (C=O) groups is 1. The van der Waals surface area contributed by atoms with Gasteiger partial charge in [-0.05, 0) is 18.6 Å². The van der Waals surface area contributed by atoms with Gasteiger partial charge in [0, 0.05) is 19.8 Å². The smallest absolute Gasteiger partial charge is 0.168 e. The number of ketones is 1. The van der Waals surface area contributed by atoms with Gasteiger partial charge in [0.15, 0.2) is 12.1 Å². The van der Waals surface area contributed by atoms with Gasteiger partial charge < -0.3 is 9.47 Å². The molecule has 0 spiro atoms. The molecule has 0 fully saturated rings. The third-order valence-electron chi connectivity index (χ3n) is 2.37. The van der Waals surface area contributed by atoms with Gasteiger partial charge in [-0.15, -0.1) is 0 Å². The normalized spacial score (nSPS) is 10.8. The molecule has 16 heavy (non-hydrogen) atoms. The van der Waals surface area contributed by atoms with Crippen molar-refractivity contribution in [1.82, 2.24) is 0 Å². The maximum atomic E-state index is 13.2. The molecule has 1 aromatic carbocycles. The summed E-state index contributed by atoms with van der Waals surface area (Å²) >= 11 is 0. The van der Waals surface area contributed by atoms with E-state index in [9.17, 15) is 9.18 Å². The summed E-state index contributed by atoms with van der Waals surface area (Å²) in [6, 6.07) is 4.42. The van der Waals surface area contributed by atoms with Crippen LogP contribution < -0.4 is 0 Å². The zero-order valence-corrected chi connectivity index (χ0v) is 9.62. The molecule has 88 valence electrons. The van der Waals surface area contributed by atoms with Crippen molar-refractivity contribution < 1.29 is 18.7 Å². The van der Waals surface area contributed by atoms with E-state index >= 15 is 0 Å². The lowest BCUT2D eigenvalue weighted by Gasteiger charge is -2.12. The van der Waals surface area contributed by atoms with Crippen molar-refractivity contribution in [2.45, 2.75) is 19.6 Å². The molecule has 0 amide bonds. The van der Waals surface area contributed by atoms with E-state index < -0.39 is 6.29 Å². The Morgan fingerprint density at radius 1 is 1.38 bits per heavy atom. The molecule has 0 atom stereocenters. The Bertz CT molecular complexity index is 373. The Hall–Kier alpha value is -1.26. The molecule has 0 aliphatic carbocycles. The predicted molar refractivity (Wildman–Crippen MR) is 57.9 cm³/mol. The van der Waals surface area contributed by atoms with E-state index in [1.807, 2.05) is 0 Å². The second kappa shape index (κ2) is 5.72. The van der Waals surface area contributed by atoms with E-state index in [1.54, 1.807) is 19.1 Å². The van der Waals surface area contributed by atoms with E-state index in [2.05, 4.69) is 0 Å². The van der Waals surface area contributed by atoms with Crippen molar-refractivity contribution in [3.8, 4) is 0 Å². The Morgan fingerprint density at radius 3 is 2.50 bits per heavy atom. The van der Waals surface area contributed by atoms with Crippen LogP contribution in [0.5, 0.6) is 0 Å². The van der Waals surface area contributed by atoms with Gasteiger partial charge >= 0.3 is 0 Å². The highest BCUT2D eigenvalue weighted by molar-refractivity contribution is 5.96.